The van der Waals surface area contributed by atoms with E-state index in [-0.39, 0.29) is 11.2 Å². The summed E-state index contributed by atoms with van der Waals surface area (Å²) in [5.74, 6) is 1.09. The Morgan fingerprint density at radius 2 is 2.12 bits per heavy atom. The molecule has 17 heavy (non-hydrogen) atoms. The second-order valence-electron chi connectivity index (χ2n) is 6.15. The summed E-state index contributed by atoms with van der Waals surface area (Å²) in [6.45, 7) is 12.7. The van der Waals surface area contributed by atoms with Crippen LogP contribution in [0.15, 0.2) is 0 Å². The Kier molecular flexibility index (Phi) is 3.81. The third-order valence-electron chi connectivity index (χ3n) is 4.83. The van der Waals surface area contributed by atoms with E-state index in [1.807, 2.05) is 0 Å². The topological polar surface area (TPSA) is 30.5 Å². The van der Waals surface area contributed by atoms with Crippen LogP contribution in [-0.4, -0.2) is 37.5 Å². The van der Waals surface area contributed by atoms with E-state index >= 15 is 0 Å². The van der Waals surface area contributed by atoms with Gasteiger partial charge in [0.15, 0.2) is 0 Å². The van der Waals surface area contributed by atoms with Gasteiger partial charge < -0.3 is 14.8 Å². The molecule has 0 aromatic heterocycles. The molecule has 2 heterocycles. The number of nitrogens with one attached hydrogen (secondary N) is 1. The van der Waals surface area contributed by atoms with E-state index < -0.39 is 0 Å². The van der Waals surface area contributed by atoms with Crippen molar-refractivity contribution < 1.29 is 9.47 Å². The first-order valence-electron chi connectivity index (χ1n) is 7.01. The molecule has 0 aliphatic carbocycles. The predicted molar refractivity (Wildman–Crippen MR) is 69.1 cm³/mol. The Bertz CT molecular complexity index is 263. The van der Waals surface area contributed by atoms with Crippen molar-refractivity contribution in [1.82, 2.24) is 5.32 Å². The molecule has 0 aromatic rings. The van der Waals surface area contributed by atoms with Gasteiger partial charge >= 0.3 is 0 Å². The van der Waals surface area contributed by atoms with E-state index in [2.05, 4.69) is 33.0 Å². The quantitative estimate of drug-likeness (QED) is 0.822. The molecule has 2 aliphatic heterocycles. The smallest absolute Gasteiger partial charge is 0.0862 e. The molecule has 0 radical (unpaired) electrons. The van der Waals surface area contributed by atoms with Gasteiger partial charge in [-0.3, -0.25) is 0 Å². The number of morpholine rings is 1. The molecule has 3 atom stereocenters. The van der Waals surface area contributed by atoms with E-state index in [4.69, 9.17) is 9.47 Å². The van der Waals surface area contributed by atoms with Crippen molar-refractivity contribution in [3.8, 4) is 0 Å². The minimum atomic E-state index is -0.0448. The lowest BCUT2D eigenvalue weighted by Crippen LogP contribution is -2.63. The van der Waals surface area contributed by atoms with E-state index in [0.717, 1.165) is 39.1 Å². The second kappa shape index (κ2) is 4.87. The maximum atomic E-state index is 6.61. The monoisotopic (exact) mass is 241 g/mol. The Morgan fingerprint density at radius 1 is 1.35 bits per heavy atom. The molecule has 0 saturated carbocycles. The van der Waals surface area contributed by atoms with Crippen LogP contribution in [0.25, 0.3) is 0 Å². The fraction of sp³-hybridized carbons (Fsp3) is 1.00. The molecule has 3 nitrogen and oxygen atoms in total. The Hall–Kier alpha value is -0.120. The van der Waals surface area contributed by atoms with E-state index in [9.17, 15) is 0 Å². The first-order chi connectivity index (χ1) is 8.02. The molecule has 2 aliphatic rings. The maximum Gasteiger partial charge on any atom is 0.0862 e. The molecule has 0 bridgehead atoms. The molecule has 0 amide bonds. The van der Waals surface area contributed by atoms with Crippen molar-refractivity contribution >= 4 is 0 Å². The summed E-state index contributed by atoms with van der Waals surface area (Å²) in [5, 5.41) is 3.59. The van der Waals surface area contributed by atoms with Crippen LogP contribution >= 0.6 is 0 Å². The molecule has 100 valence electrons. The highest BCUT2D eigenvalue weighted by molar-refractivity contribution is 4.99. The van der Waals surface area contributed by atoms with Crippen molar-refractivity contribution in [3.05, 3.63) is 0 Å². The van der Waals surface area contributed by atoms with Crippen LogP contribution in [-0.2, 0) is 9.47 Å². The lowest BCUT2D eigenvalue weighted by atomic mass is 9.79. The number of ether oxygens (including phenoxy) is 2. The lowest BCUT2D eigenvalue weighted by molar-refractivity contribution is -0.212. The molecule has 3 unspecified atom stereocenters. The Labute approximate surface area is 105 Å². The van der Waals surface area contributed by atoms with Gasteiger partial charge in [0.05, 0.1) is 17.8 Å². The first-order valence-corrected chi connectivity index (χ1v) is 7.01. The van der Waals surface area contributed by atoms with Gasteiger partial charge in [0, 0.05) is 25.6 Å². The van der Waals surface area contributed by atoms with Crippen LogP contribution in [0, 0.1) is 11.8 Å². The van der Waals surface area contributed by atoms with Crippen molar-refractivity contribution in [3.63, 3.8) is 0 Å². The van der Waals surface area contributed by atoms with Gasteiger partial charge in [-0.1, -0.05) is 20.8 Å². The SMILES string of the molecule is CCC1(C2CCOC2)CNCC(C)(C(C)C)O1. The van der Waals surface area contributed by atoms with Crippen molar-refractivity contribution in [2.75, 3.05) is 26.3 Å². The van der Waals surface area contributed by atoms with Gasteiger partial charge in [-0.2, -0.15) is 0 Å². The normalized spacial score (nSPS) is 43.2. The fourth-order valence-corrected chi connectivity index (χ4v) is 3.04. The van der Waals surface area contributed by atoms with Crippen molar-refractivity contribution in [2.45, 2.75) is 51.7 Å². The van der Waals surface area contributed by atoms with Gasteiger partial charge in [0.2, 0.25) is 0 Å². The zero-order valence-corrected chi connectivity index (χ0v) is 11.7. The number of rotatable bonds is 3. The minimum absolute atomic E-state index is 0.0201. The average Bonchev–Trinajstić information content (AvgIpc) is 2.82. The van der Waals surface area contributed by atoms with Crippen LogP contribution in [0.1, 0.15) is 40.5 Å². The number of hydrogen-bond donors (Lipinski definition) is 1. The van der Waals surface area contributed by atoms with Crippen molar-refractivity contribution in [1.29, 1.82) is 0 Å². The van der Waals surface area contributed by atoms with E-state index in [1.165, 1.54) is 0 Å². The Morgan fingerprint density at radius 3 is 2.65 bits per heavy atom. The minimum Gasteiger partial charge on any atom is -0.381 e. The molecule has 3 heteroatoms. The zero-order valence-electron chi connectivity index (χ0n) is 11.7. The van der Waals surface area contributed by atoms with Gasteiger partial charge in [-0.25, -0.2) is 0 Å². The van der Waals surface area contributed by atoms with Crippen molar-refractivity contribution in [2.24, 2.45) is 11.8 Å². The number of hydrogen-bond acceptors (Lipinski definition) is 3. The molecule has 2 fully saturated rings. The molecule has 1 N–H and O–H groups in total. The average molecular weight is 241 g/mol. The standard InChI is InChI=1S/C14H27NO2/c1-5-14(12-6-7-16-8-12)10-15-9-13(4,17-14)11(2)3/h11-12,15H,5-10H2,1-4H3. The largest absolute Gasteiger partial charge is 0.381 e. The summed E-state index contributed by atoms with van der Waals surface area (Å²) in [5.41, 5.74) is -0.0649. The van der Waals surface area contributed by atoms with Crippen LogP contribution < -0.4 is 5.32 Å². The molecular weight excluding hydrogens is 214 g/mol. The van der Waals surface area contributed by atoms with Crippen LogP contribution in [0.3, 0.4) is 0 Å². The van der Waals surface area contributed by atoms with Gasteiger partial charge in [0.1, 0.15) is 0 Å². The summed E-state index contributed by atoms with van der Waals surface area (Å²) in [7, 11) is 0. The van der Waals surface area contributed by atoms with Gasteiger partial charge in [0.25, 0.3) is 0 Å². The summed E-state index contributed by atoms with van der Waals surface area (Å²) >= 11 is 0. The molecule has 0 aromatic carbocycles. The highest BCUT2D eigenvalue weighted by Gasteiger charge is 2.48. The first kappa shape index (κ1) is 13.3. The van der Waals surface area contributed by atoms with Crippen LogP contribution in [0.2, 0.25) is 0 Å². The highest BCUT2D eigenvalue weighted by Crippen LogP contribution is 2.39. The third kappa shape index (κ3) is 2.38. The predicted octanol–water partition coefficient (Wildman–Crippen LogP) is 2.21. The molecule has 2 saturated heterocycles. The zero-order chi connectivity index (χ0) is 12.5. The highest BCUT2D eigenvalue weighted by atomic mass is 16.5. The van der Waals surface area contributed by atoms with Gasteiger partial charge in [-0.15, -0.1) is 0 Å². The van der Waals surface area contributed by atoms with Crippen LogP contribution in [0.5, 0.6) is 0 Å². The Balaban J connectivity index is 2.16. The van der Waals surface area contributed by atoms with Crippen LogP contribution in [0.4, 0.5) is 0 Å². The van der Waals surface area contributed by atoms with Gasteiger partial charge in [-0.05, 0) is 25.7 Å². The maximum absolute atomic E-state index is 6.61. The lowest BCUT2D eigenvalue weighted by Gasteiger charge is -2.51. The van der Waals surface area contributed by atoms with E-state index in [1.54, 1.807) is 0 Å². The van der Waals surface area contributed by atoms with E-state index in [0.29, 0.717) is 11.8 Å². The summed E-state index contributed by atoms with van der Waals surface area (Å²) in [6.07, 6.45) is 2.21. The summed E-state index contributed by atoms with van der Waals surface area (Å²) in [6, 6.07) is 0. The third-order valence-corrected chi connectivity index (χ3v) is 4.83. The molecule has 0 spiro atoms. The summed E-state index contributed by atoms with van der Waals surface area (Å²) < 4.78 is 12.2. The fourth-order valence-electron chi connectivity index (χ4n) is 3.04. The molecule has 2 rings (SSSR count). The molecular formula is C14H27NO2. The summed E-state index contributed by atoms with van der Waals surface area (Å²) in [4.78, 5) is 0. The second-order valence-corrected chi connectivity index (χ2v) is 6.15.